The minimum absolute atomic E-state index is 0.853. The van der Waals surface area contributed by atoms with Crippen LogP contribution in [0.4, 0.5) is 0 Å². The molecule has 1 fully saturated rings. The van der Waals surface area contributed by atoms with Crippen molar-refractivity contribution in [3.63, 3.8) is 0 Å². The molecule has 2 N–H and O–H groups in total. The third-order valence-electron chi connectivity index (χ3n) is 3.01. The van der Waals surface area contributed by atoms with Gasteiger partial charge in [0.15, 0.2) is 0 Å². The molecule has 0 unspecified atom stereocenters. The molecule has 0 aliphatic carbocycles. The van der Waals surface area contributed by atoms with E-state index < -0.39 is 0 Å². The molecule has 1 heterocycles. The van der Waals surface area contributed by atoms with Gasteiger partial charge in [-0.15, -0.1) is 11.8 Å². The van der Waals surface area contributed by atoms with Crippen molar-refractivity contribution in [3.05, 3.63) is 0 Å². The lowest BCUT2D eigenvalue weighted by molar-refractivity contribution is 0.184. The van der Waals surface area contributed by atoms with Gasteiger partial charge in [0.05, 0.1) is 0 Å². The lowest BCUT2D eigenvalue weighted by Crippen LogP contribution is -2.34. The number of hydrogen-bond donors (Lipinski definition) is 1. The second-order valence-electron chi connectivity index (χ2n) is 4.04. The standard InChI is InChI=1S/C12H22N2/c1-2-3-4-9-14-10-6-12(5-8-13)7-11-14/h12H,4-11,13H2,1H3. The Morgan fingerprint density at radius 2 is 2.07 bits per heavy atom. The lowest BCUT2D eigenvalue weighted by Gasteiger charge is -2.31. The van der Waals surface area contributed by atoms with E-state index >= 15 is 0 Å². The van der Waals surface area contributed by atoms with E-state index in [1.807, 2.05) is 6.92 Å². The molecular formula is C12H22N2. The van der Waals surface area contributed by atoms with Crippen molar-refractivity contribution in [2.24, 2.45) is 11.7 Å². The van der Waals surface area contributed by atoms with Crippen molar-refractivity contribution in [1.29, 1.82) is 0 Å². The molecule has 0 spiro atoms. The highest BCUT2D eigenvalue weighted by molar-refractivity contribution is 4.95. The molecule has 0 radical (unpaired) electrons. The fourth-order valence-electron chi connectivity index (χ4n) is 2.07. The molecule has 1 aliphatic rings. The fraction of sp³-hybridized carbons (Fsp3) is 0.833. The van der Waals surface area contributed by atoms with Crippen LogP contribution in [0.2, 0.25) is 0 Å². The molecule has 1 rings (SSSR count). The summed E-state index contributed by atoms with van der Waals surface area (Å²) < 4.78 is 0. The van der Waals surface area contributed by atoms with Crippen molar-refractivity contribution in [1.82, 2.24) is 4.90 Å². The maximum Gasteiger partial charge on any atom is 0.0216 e. The van der Waals surface area contributed by atoms with E-state index in [4.69, 9.17) is 5.73 Å². The molecule has 80 valence electrons. The summed E-state index contributed by atoms with van der Waals surface area (Å²) in [4.78, 5) is 2.53. The number of piperidine rings is 1. The van der Waals surface area contributed by atoms with E-state index in [9.17, 15) is 0 Å². The number of hydrogen-bond acceptors (Lipinski definition) is 2. The minimum atomic E-state index is 0.853. The Labute approximate surface area is 87.8 Å². The van der Waals surface area contributed by atoms with E-state index in [-0.39, 0.29) is 0 Å². The first-order valence-corrected chi connectivity index (χ1v) is 5.69. The van der Waals surface area contributed by atoms with Gasteiger partial charge in [-0.3, -0.25) is 0 Å². The van der Waals surface area contributed by atoms with Gasteiger partial charge in [-0.05, 0) is 51.7 Å². The second-order valence-corrected chi connectivity index (χ2v) is 4.04. The summed E-state index contributed by atoms with van der Waals surface area (Å²) in [7, 11) is 0. The smallest absolute Gasteiger partial charge is 0.0216 e. The van der Waals surface area contributed by atoms with Crippen LogP contribution in [0, 0.1) is 17.8 Å². The van der Waals surface area contributed by atoms with Crippen LogP contribution in [-0.4, -0.2) is 31.1 Å². The van der Waals surface area contributed by atoms with Crippen molar-refractivity contribution < 1.29 is 0 Å². The summed E-state index contributed by atoms with van der Waals surface area (Å²) in [5.74, 6) is 6.95. The predicted octanol–water partition coefficient (Wildman–Crippen LogP) is 1.46. The molecule has 2 nitrogen and oxygen atoms in total. The van der Waals surface area contributed by atoms with Crippen LogP contribution in [0.15, 0.2) is 0 Å². The maximum absolute atomic E-state index is 5.56. The molecule has 0 bridgehead atoms. The minimum Gasteiger partial charge on any atom is -0.330 e. The summed E-state index contributed by atoms with van der Waals surface area (Å²) in [6.07, 6.45) is 4.90. The number of rotatable bonds is 4. The number of likely N-dealkylation sites (tertiary alicyclic amines) is 1. The summed E-state index contributed by atoms with van der Waals surface area (Å²) >= 11 is 0. The number of nitrogens with zero attached hydrogens (tertiary/aromatic N) is 1. The number of nitrogens with two attached hydrogens (primary N) is 1. The van der Waals surface area contributed by atoms with E-state index in [2.05, 4.69) is 16.7 Å². The van der Waals surface area contributed by atoms with Crippen LogP contribution in [-0.2, 0) is 0 Å². The zero-order chi connectivity index (χ0) is 10.2. The Bertz CT molecular complexity index is 194. The zero-order valence-corrected chi connectivity index (χ0v) is 9.26. The summed E-state index contributed by atoms with van der Waals surface area (Å²) in [5.41, 5.74) is 5.56. The summed E-state index contributed by atoms with van der Waals surface area (Å²) in [6.45, 7) is 6.40. The molecule has 0 aromatic carbocycles. The molecule has 14 heavy (non-hydrogen) atoms. The predicted molar refractivity (Wildman–Crippen MR) is 60.9 cm³/mol. The molecule has 1 saturated heterocycles. The molecular weight excluding hydrogens is 172 g/mol. The van der Waals surface area contributed by atoms with Crippen LogP contribution in [0.3, 0.4) is 0 Å². The van der Waals surface area contributed by atoms with Crippen molar-refractivity contribution in [3.8, 4) is 11.8 Å². The van der Waals surface area contributed by atoms with Gasteiger partial charge in [-0.2, -0.15) is 0 Å². The third-order valence-corrected chi connectivity index (χ3v) is 3.01. The van der Waals surface area contributed by atoms with Gasteiger partial charge in [0.1, 0.15) is 0 Å². The first-order valence-electron chi connectivity index (χ1n) is 5.69. The van der Waals surface area contributed by atoms with E-state index in [1.54, 1.807) is 0 Å². The van der Waals surface area contributed by atoms with Gasteiger partial charge >= 0.3 is 0 Å². The van der Waals surface area contributed by atoms with Gasteiger partial charge < -0.3 is 10.6 Å². The monoisotopic (exact) mass is 194 g/mol. The average molecular weight is 194 g/mol. The molecule has 2 heteroatoms. The van der Waals surface area contributed by atoms with Crippen molar-refractivity contribution in [2.75, 3.05) is 26.2 Å². The Morgan fingerprint density at radius 3 is 2.64 bits per heavy atom. The van der Waals surface area contributed by atoms with Gasteiger partial charge in [-0.25, -0.2) is 0 Å². The van der Waals surface area contributed by atoms with Gasteiger partial charge in [0.25, 0.3) is 0 Å². The van der Waals surface area contributed by atoms with Crippen LogP contribution in [0.1, 0.15) is 32.6 Å². The Morgan fingerprint density at radius 1 is 1.36 bits per heavy atom. The van der Waals surface area contributed by atoms with Crippen molar-refractivity contribution in [2.45, 2.75) is 32.6 Å². The summed E-state index contributed by atoms with van der Waals surface area (Å²) in [5, 5.41) is 0. The van der Waals surface area contributed by atoms with Gasteiger partial charge in [-0.1, -0.05) is 0 Å². The topological polar surface area (TPSA) is 29.3 Å². The Hall–Kier alpha value is -0.520. The lowest BCUT2D eigenvalue weighted by atomic mass is 9.93. The molecule has 0 aromatic heterocycles. The average Bonchev–Trinajstić information content (AvgIpc) is 2.21. The highest BCUT2D eigenvalue weighted by atomic mass is 15.1. The zero-order valence-electron chi connectivity index (χ0n) is 9.26. The second kappa shape index (κ2) is 6.86. The molecule has 1 aliphatic heterocycles. The first kappa shape index (κ1) is 11.6. The van der Waals surface area contributed by atoms with E-state index in [1.165, 1.54) is 32.4 Å². The largest absolute Gasteiger partial charge is 0.330 e. The van der Waals surface area contributed by atoms with Gasteiger partial charge in [0.2, 0.25) is 0 Å². The van der Waals surface area contributed by atoms with E-state index in [0.717, 1.165) is 25.4 Å². The maximum atomic E-state index is 5.56. The molecule has 0 atom stereocenters. The van der Waals surface area contributed by atoms with Crippen molar-refractivity contribution >= 4 is 0 Å². The first-order chi connectivity index (χ1) is 6.86. The highest BCUT2D eigenvalue weighted by Crippen LogP contribution is 2.19. The third kappa shape index (κ3) is 4.13. The van der Waals surface area contributed by atoms with Crippen LogP contribution in [0.25, 0.3) is 0 Å². The molecule has 0 saturated carbocycles. The molecule has 0 amide bonds. The fourth-order valence-corrected chi connectivity index (χ4v) is 2.07. The normalized spacial score (nSPS) is 19.0. The van der Waals surface area contributed by atoms with Crippen LogP contribution < -0.4 is 5.73 Å². The Kier molecular flexibility index (Phi) is 5.66. The van der Waals surface area contributed by atoms with Crippen LogP contribution in [0.5, 0.6) is 0 Å². The molecule has 0 aromatic rings. The Balaban J connectivity index is 2.11. The highest BCUT2D eigenvalue weighted by Gasteiger charge is 2.17. The van der Waals surface area contributed by atoms with Gasteiger partial charge in [0, 0.05) is 13.0 Å². The SMILES string of the molecule is CC#CCCN1CCC(CCN)CC1. The van der Waals surface area contributed by atoms with Crippen LogP contribution >= 0.6 is 0 Å². The van der Waals surface area contributed by atoms with E-state index in [0.29, 0.717) is 0 Å². The summed E-state index contributed by atoms with van der Waals surface area (Å²) in [6, 6.07) is 0. The quantitative estimate of drug-likeness (QED) is 0.687.